The van der Waals surface area contributed by atoms with E-state index in [4.69, 9.17) is 23.2 Å². The highest BCUT2D eigenvalue weighted by atomic mass is 35.5. The van der Waals surface area contributed by atoms with Crippen molar-refractivity contribution >= 4 is 33.2 Å². The van der Waals surface area contributed by atoms with E-state index in [1.165, 1.54) is 10.4 Å². The normalized spacial score (nSPS) is 20.1. The summed E-state index contributed by atoms with van der Waals surface area (Å²) in [5.74, 6) is 0.382. The molecule has 0 amide bonds. The van der Waals surface area contributed by atoms with Crippen molar-refractivity contribution in [1.29, 1.82) is 0 Å². The van der Waals surface area contributed by atoms with Crippen molar-refractivity contribution in [2.45, 2.75) is 31.7 Å². The molecule has 0 saturated carbocycles. The van der Waals surface area contributed by atoms with E-state index in [1.54, 1.807) is 6.07 Å². The number of sulfonamides is 1. The standard InChI is InChI=1S/C14H20Cl2N2O2S/c1-3-17-8-11-6-14(13(16)7-12(11)15)21(19,20)18-5-4-10(2)9-18/h6-7,10,17H,3-5,8-9H2,1-2H3. The zero-order valence-electron chi connectivity index (χ0n) is 12.2. The molecular weight excluding hydrogens is 331 g/mol. The van der Waals surface area contributed by atoms with Crippen LogP contribution < -0.4 is 5.32 Å². The van der Waals surface area contributed by atoms with Crippen molar-refractivity contribution in [1.82, 2.24) is 9.62 Å². The highest BCUT2D eigenvalue weighted by Gasteiger charge is 2.32. The van der Waals surface area contributed by atoms with Crippen molar-refractivity contribution in [2.24, 2.45) is 5.92 Å². The summed E-state index contributed by atoms with van der Waals surface area (Å²) in [7, 11) is -3.55. The summed E-state index contributed by atoms with van der Waals surface area (Å²) in [6, 6.07) is 3.10. The Bertz CT molecular complexity index is 620. The zero-order chi connectivity index (χ0) is 15.6. The first-order valence-electron chi connectivity index (χ1n) is 7.05. The summed E-state index contributed by atoms with van der Waals surface area (Å²) in [4.78, 5) is 0.149. The Labute approximate surface area is 136 Å². The average molecular weight is 351 g/mol. The average Bonchev–Trinajstić information content (AvgIpc) is 2.85. The van der Waals surface area contributed by atoms with E-state index < -0.39 is 10.0 Å². The van der Waals surface area contributed by atoms with Crippen molar-refractivity contribution in [2.75, 3.05) is 19.6 Å². The number of halogens is 2. The van der Waals surface area contributed by atoms with Crippen LogP contribution in [0.3, 0.4) is 0 Å². The van der Waals surface area contributed by atoms with Crippen molar-refractivity contribution < 1.29 is 8.42 Å². The molecule has 1 unspecified atom stereocenters. The van der Waals surface area contributed by atoms with Gasteiger partial charge >= 0.3 is 0 Å². The summed E-state index contributed by atoms with van der Waals surface area (Å²) in [6.07, 6.45) is 0.884. The molecule has 0 bridgehead atoms. The van der Waals surface area contributed by atoms with Crippen LogP contribution in [0.5, 0.6) is 0 Å². The number of nitrogens with zero attached hydrogens (tertiary/aromatic N) is 1. The van der Waals surface area contributed by atoms with Gasteiger partial charge in [-0.15, -0.1) is 0 Å². The molecule has 2 rings (SSSR count). The van der Waals surface area contributed by atoms with Gasteiger partial charge in [0, 0.05) is 24.7 Å². The molecule has 1 fully saturated rings. The topological polar surface area (TPSA) is 49.4 Å². The van der Waals surface area contributed by atoms with Crippen molar-refractivity contribution in [3.05, 3.63) is 27.7 Å². The Balaban J connectivity index is 2.38. The molecule has 0 spiro atoms. The molecule has 0 radical (unpaired) electrons. The van der Waals surface area contributed by atoms with Gasteiger partial charge in [0.05, 0.1) is 5.02 Å². The van der Waals surface area contributed by atoms with Gasteiger partial charge in [0.1, 0.15) is 4.90 Å². The second-order valence-electron chi connectivity index (χ2n) is 5.41. The van der Waals surface area contributed by atoms with Gasteiger partial charge in [-0.25, -0.2) is 8.42 Å². The first-order valence-corrected chi connectivity index (χ1v) is 9.24. The van der Waals surface area contributed by atoms with E-state index in [0.717, 1.165) is 18.5 Å². The largest absolute Gasteiger partial charge is 0.313 e. The molecule has 1 aromatic rings. The fraction of sp³-hybridized carbons (Fsp3) is 0.571. The molecular formula is C14H20Cl2N2O2S. The Kier molecular flexibility index (Phi) is 5.54. The van der Waals surface area contributed by atoms with Gasteiger partial charge in [-0.05, 0) is 36.6 Å². The third-order valence-electron chi connectivity index (χ3n) is 3.67. The fourth-order valence-corrected chi connectivity index (χ4v) is 4.83. The third kappa shape index (κ3) is 3.71. The summed E-state index contributed by atoms with van der Waals surface area (Å²) in [6.45, 7) is 6.42. The predicted molar refractivity (Wildman–Crippen MR) is 86.4 cm³/mol. The lowest BCUT2D eigenvalue weighted by Gasteiger charge is -2.18. The lowest BCUT2D eigenvalue weighted by Crippen LogP contribution is -2.29. The molecule has 0 aromatic heterocycles. The van der Waals surface area contributed by atoms with E-state index in [2.05, 4.69) is 12.2 Å². The van der Waals surface area contributed by atoms with Gasteiger partial charge < -0.3 is 5.32 Å². The second-order valence-corrected chi connectivity index (χ2v) is 8.13. The summed E-state index contributed by atoms with van der Waals surface area (Å²) in [5, 5.41) is 3.81. The van der Waals surface area contributed by atoms with Crippen LogP contribution in [-0.4, -0.2) is 32.4 Å². The maximum absolute atomic E-state index is 12.7. The molecule has 1 aliphatic rings. The maximum Gasteiger partial charge on any atom is 0.244 e. The molecule has 1 aromatic carbocycles. The van der Waals surface area contributed by atoms with Gasteiger partial charge in [0.2, 0.25) is 10.0 Å². The number of hydrogen-bond acceptors (Lipinski definition) is 3. The highest BCUT2D eigenvalue weighted by molar-refractivity contribution is 7.89. The zero-order valence-corrected chi connectivity index (χ0v) is 14.5. The molecule has 1 atom stereocenters. The molecule has 1 aliphatic heterocycles. The first-order chi connectivity index (χ1) is 9.86. The van der Waals surface area contributed by atoms with Gasteiger partial charge in [0.15, 0.2) is 0 Å². The number of hydrogen-bond donors (Lipinski definition) is 1. The van der Waals surface area contributed by atoms with E-state index in [1.807, 2.05) is 6.92 Å². The Morgan fingerprint density at radius 3 is 2.62 bits per heavy atom. The summed E-state index contributed by atoms with van der Waals surface area (Å²) >= 11 is 12.3. The Morgan fingerprint density at radius 2 is 2.05 bits per heavy atom. The second kappa shape index (κ2) is 6.84. The quantitative estimate of drug-likeness (QED) is 0.887. The van der Waals surface area contributed by atoms with E-state index in [-0.39, 0.29) is 9.92 Å². The van der Waals surface area contributed by atoms with Crippen LogP contribution in [0.25, 0.3) is 0 Å². The fourth-order valence-electron chi connectivity index (χ4n) is 2.42. The van der Waals surface area contributed by atoms with Crippen LogP contribution in [0.4, 0.5) is 0 Å². The van der Waals surface area contributed by atoms with E-state index in [0.29, 0.717) is 30.6 Å². The molecule has 0 aliphatic carbocycles. The van der Waals surface area contributed by atoms with Crippen LogP contribution in [0.2, 0.25) is 10.0 Å². The van der Waals surface area contributed by atoms with Crippen LogP contribution in [0.1, 0.15) is 25.8 Å². The molecule has 7 heteroatoms. The van der Waals surface area contributed by atoms with Crippen LogP contribution in [-0.2, 0) is 16.6 Å². The number of benzene rings is 1. The Morgan fingerprint density at radius 1 is 1.33 bits per heavy atom. The smallest absolute Gasteiger partial charge is 0.244 e. The first kappa shape index (κ1) is 17.0. The van der Waals surface area contributed by atoms with E-state index in [9.17, 15) is 8.42 Å². The van der Waals surface area contributed by atoms with Gasteiger partial charge in [-0.2, -0.15) is 4.31 Å². The Hall–Kier alpha value is -0.330. The minimum Gasteiger partial charge on any atom is -0.313 e. The van der Waals surface area contributed by atoms with Crippen molar-refractivity contribution in [3.8, 4) is 0 Å². The highest BCUT2D eigenvalue weighted by Crippen LogP contribution is 2.32. The maximum atomic E-state index is 12.7. The lowest BCUT2D eigenvalue weighted by atomic mass is 10.2. The minimum atomic E-state index is -3.55. The predicted octanol–water partition coefficient (Wildman–Crippen LogP) is 3.13. The SMILES string of the molecule is CCNCc1cc(S(=O)(=O)N2CCC(C)C2)c(Cl)cc1Cl. The van der Waals surface area contributed by atoms with E-state index >= 15 is 0 Å². The monoisotopic (exact) mass is 350 g/mol. The minimum absolute atomic E-state index is 0.149. The molecule has 1 saturated heterocycles. The number of nitrogens with one attached hydrogen (secondary N) is 1. The van der Waals surface area contributed by atoms with Crippen LogP contribution in [0, 0.1) is 5.92 Å². The summed E-state index contributed by atoms with van der Waals surface area (Å²) in [5.41, 5.74) is 0.744. The van der Waals surface area contributed by atoms with Crippen LogP contribution >= 0.6 is 23.2 Å². The molecule has 118 valence electrons. The van der Waals surface area contributed by atoms with Crippen molar-refractivity contribution in [3.63, 3.8) is 0 Å². The lowest BCUT2D eigenvalue weighted by molar-refractivity contribution is 0.464. The van der Waals surface area contributed by atoms with Crippen LogP contribution in [0.15, 0.2) is 17.0 Å². The molecule has 1 N–H and O–H groups in total. The van der Waals surface area contributed by atoms with Gasteiger partial charge in [-0.3, -0.25) is 0 Å². The molecule has 4 nitrogen and oxygen atoms in total. The molecule has 21 heavy (non-hydrogen) atoms. The number of rotatable bonds is 5. The van der Waals surface area contributed by atoms with Gasteiger partial charge in [-0.1, -0.05) is 37.0 Å². The molecule has 1 heterocycles. The van der Waals surface area contributed by atoms with Gasteiger partial charge in [0.25, 0.3) is 0 Å². The summed E-state index contributed by atoms with van der Waals surface area (Å²) < 4.78 is 26.9. The third-order valence-corrected chi connectivity index (χ3v) is 6.35.